The lowest BCUT2D eigenvalue weighted by Gasteiger charge is -2.41. The number of hydrogen-bond acceptors (Lipinski definition) is 12. The average molecular weight is 907 g/mol. The van der Waals surface area contributed by atoms with Gasteiger partial charge in [0, 0.05) is 70.2 Å². The van der Waals surface area contributed by atoms with Crippen molar-refractivity contribution in [2.24, 2.45) is 0 Å². The first-order valence-electron chi connectivity index (χ1n) is 22.2. The van der Waals surface area contributed by atoms with Crippen LogP contribution >= 0.6 is 0 Å². The van der Waals surface area contributed by atoms with E-state index in [1.807, 2.05) is 12.1 Å². The maximum atomic E-state index is 12.8. The summed E-state index contributed by atoms with van der Waals surface area (Å²) >= 11 is 0. The molecule has 0 spiro atoms. The van der Waals surface area contributed by atoms with E-state index in [0.717, 1.165) is 5.56 Å². The van der Waals surface area contributed by atoms with E-state index in [1.54, 1.807) is 121 Å². The van der Waals surface area contributed by atoms with Crippen molar-refractivity contribution in [3.63, 3.8) is 0 Å². The number of phenols is 10. The van der Waals surface area contributed by atoms with Gasteiger partial charge in [-0.25, -0.2) is 0 Å². The Kier molecular flexibility index (Phi) is 8.97. The van der Waals surface area contributed by atoms with Gasteiger partial charge in [-0.15, -0.1) is 0 Å². The maximum Gasteiger partial charge on any atom is 0.135 e. The second-order valence-electron chi connectivity index (χ2n) is 18.2. The fourth-order valence-electron chi connectivity index (χ4n) is 12.0. The molecule has 2 bridgehead atoms. The normalized spacial score (nSPS) is 22.6. The van der Waals surface area contributed by atoms with Gasteiger partial charge in [-0.2, -0.15) is 0 Å². The number of rotatable bonds is 6. The van der Waals surface area contributed by atoms with Gasteiger partial charge in [0.2, 0.25) is 0 Å². The zero-order valence-electron chi connectivity index (χ0n) is 35.8. The minimum atomic E-state index is -0.813. The number of phenolic OH excluding ortho intramolecular Hbond substituents is 10. The van der Waals surface area contributed by atoms with Crippen LogP contribution in [0.5, 0.6) is 69.0 Å². The molecule has 8 aromatic carbocycles. The molecule has 12 rings (SSSR count). The van der Waals surface area contributed by atoms with Crippen LogP contribution in [-0.4, -0.2) is 51.1 Å². The van der Waals surface area contributed by atoms with Gasteiger partial charge in [0.05, 0.1) is 11.8 Å². The van der Waals surface area contributed by atoms with Crippen molar-refractivity contribution in [1.82, 2.24) is 0 Å². The Balaban J connectivity index is 1.21. The molecule has 0 radical (unpaired) electrons. The van der Waals surface area contributed by atoms with Crippen LogP contribution in [0.25, 0.3) is 0 Å². The van der Waals surface area contributed by atoms with E-state index in [-0.39, 0.29) is 57.5 Å². The van der Waals surface area contributed by atoms with Crippen molar-refractivity contribution in [3.8, 4) is 69.0 Å². The van der Waals surface area contributed by atoms with Crippen molar-refractivity contribution in [1.29, 1.82) is 0 Å². The first-order valence-corrected chi connectivity index (χ1v) is 22.2. The number of aromatic hydroxyl groups is 10. The first kappa shape index (κ1) is 40.8. The summed E-state index contributed by atoms with van der Waals surface area (Å²) in [5.74, 6) is -4.30. The summed E-state index contributed by atoms with van der Waals surface area (Å²) in [5, 5.41) is 112. The van der Waals surface area contributed by atoms with Gasteiger partial charge >= 0.3 is 0 Å². The van der Waals surface area contributed by atoms with Gasteiger partial charge in [-0.05, 0) is 117 Å². The molecule has 0 fully saturated rings. The highest BCUT2D eigenvalue weighted by Gasteiger charge is 2.59. The lowest BCUT2D eigenvalue weighted by Crippen LogP contribution is -2.28. The monoisotopic (exact) mass is 906 g/mol. The van der Waals surface area contributed by atoms with Crippen LogP contribution in [-0.2, 0) is 0 Å². The minimum Gasteiger partial charge on any atom is -0.508 e. The van der Waals surface area contributed by atoms with E-state index < -0.39 is 47.7 Å². The van der Waals surface area contributed by atoms with Gasteiger partial charge < -0.3 is 60.5 Å². The van der Waals surface area contributed by atoms with Crippen LogP contribution in [0, 0.1) is 0 Å². The van der Waals surface area contributed by atoms with E-state index in [9.17, 15) is 51.1 Å². The average Bonchev–Trinajstić information content (AvgIpc) is 3.95. The van der Waals surface area contributed by atoms with E-state index in [2.05, 4.69) is 0 Å². The molecular formula is C56H42O12. The molecule has 0 amide bonds. The third kappa shape index (κ3) is 6.20. The number of ether oxygens (including phenoxy) is 2. The Morgan fingerprint density at radius 3 is 1.01 bits per heavy atom. The highest BCUT2D eigenvalue weighted by Crippen LogP contribution is 2.74. The molecule has 0 unspecified atom stereocenters. The van der Waals surface area contributed by atoms with Crippen LogP contribution in [0.2, 0.25) is 0 Å². The molecule has 2 aliphatic carbocycles. The Morgan fingerprint density at radius 1 is 0.250 bits per heavy atom. The second kappa shape index (κ2) is 14.9. The summed E-state index contributed by atoms with van der Waals surface area (Å²) in [6, 6.07) is 38.6. The van der Waals surface area contributed by atoms with Crippen molar-refractivity contribution >= 4 is 0 Å². The minimum absolute atomic E-state index is 0.0177. The van der Waals surface area contributed by atoms with E-state index in [0.29, 0.717) is 72.7 Å². The Bertz CT molecular complexity index is 3290. The lowest BCUT2D eigenvalue weighted by atomic mass is 9.60. The molecular weight excluding hydrogens is 865 g/mol. The number of benzene rings is 8. The summed E-state index contributed by atoms with van der Waals surface area (Å²) in [6.07, 6.45) is -1.61. The van der Waals surface area contributed by atoms with Crippen LogP contribution in [0.4, 0.5) is 0 Å². The van der Waals surface area contributed by atoms with Gasteiger partial charge in [0.15, 0.2) is 0 Å². The molecule has 338 valence electrons. The lowest BCUT2D eigenvalue weighted by molar-refractivity contribution is 0.221. The van der Waals surface area contributed by atoms with Crippen LogP contribution in [0.15, 0.2) is 146 Å². The fourth-order valence-corrected chi connectivity index (χ4v) is 12.0. The third-order valence-corrected chi connectivity index (χ3v) is 14.4. The Labute approximate surface area is 388 Å². The van der Waals surface area contributed by atoms with Crippen molar-refractivity contribution in [2.75, 3.05) is 0 Å². The van der Waals surface area contributed by atoms with Gasteiger partial charge in [-0.3, -0.25) is 0 Å². The van der Waals surface area contributed by atoms with Gasteiger partial charge in [0.1, 0.15) is 81.2 Å². The summed E-state index contributed by atoms with van der Waals surface area (Å²) in [5.41, 5.74) is 7.46. The largest absolute Gasteiger partial charge is 0.508 e. The van der Waals surface area contributed by atoms with Crippen molar-refractivity contribution in [2.45, 2.75) is 47.7 Å². The quantitative estimate of drug-likeness (QED) is 0.0753. The summed E-state index contributed by atoms with van der Waals surface area (Å²) in [7, 11) is 0. The molecule has 12 nitrogen and oxygen atoms in total. The van der Waals surface area contributed by atoms with E-state index >= 15 is 0 Å². The zero-order valence-corrected chi connectivity index (χ0v) is 35.8. The molecule has 0 aromatic heterocycles. The van der Waals surface area contributed by atoms with Crippen molar-refractivity contribution < 1.29 is 60.5 Å². The molecule has 2 aliphatic heterocycles. The van der Waals surface area contributed by atoms with Crippen molar-refractivity contribution in [3.05, 3.63) is 212 Å². The standard InChI is InChI=1S/C56H42O12/c57-31-9-1-25(2-10-31)43-47-39(65)23-41-49(45(29-17-35(61)21-36(62)18-29)55(67-41)27-5-13-33(59)14-6-27)53(47)52-44(26-3-11-32(58)12-4-26)51(43)54-48(52)40(66)24-42-50(54)46(30-19-37(63)22-38(64)20-30)56(68-42)28-7-15-34(60)16-8-28/h1-24,43-46,51-52,55-66H/t43-,44-,45-,46-,51-,52+,55+,56+/m1/s1. The molecule has 4 aliphatic rings. The molecule has 2 heterocycles. The molecule has 0 saturated carbocycles. The SMILES string of the molecule is Oc1ccc([C@@H]2c3c(O)cc4c(c3[C@@H]3c5c(O)cc6c(c5[C@H]2[C@H]3c2ccc(O)cc2)[C@@H](c2cc(O)cc(O)c2)[C@H](c2ccc(O)cc2)O6)[C@@H](c2cc(O)cc(O)c2)[C@H](c2ccc(O)cc2)O4)cc1. The van der Waals surface area contributed by atoms with Gasteiger partial charge in [0.25, 0.3) is 0 Å². The number of fused-ring (bicyclic) bond motifs is 11. The highest BCUT2D eigenvalue weighted by atomic mass is 16.5. The fraction of sp³-hybridized carbons (Fsp3) is 0.143. The summed E-state index contributed by atoms with van der Waals surface area (Å²) in [6.45, 7) is 0. The summed E-state index contributed by atoms with van der Waals surface area (Å²) in [4.78, 5) is 0. The molecule has 8 aromatic rings. The topological polar surface area (TPSA) is 221 Å². The molecule has 68 heavy (non-hydrogen) atoms. The Morgan fingerprint density at radius 2 is 0.603 bits per heavy atom. The van der Waals surface area contributed by atoms with Crippen LogP contribution in [0.1, 0.15) is 114 Å². The van der Waals surface area contributed by atoms with Crippen LogP contribution in [0.3, 0.4) is 0 Å². The Hall–Kier alpha value is -8.64. The molecule has 10 N–H and O–H groups in total. The first-order chi connectivity index (χ1) is 32.8. The van der Waals surface area contributed by atoms with Gasteiger partial charge in [-0.1, -0.05) is 48.5 Å². The maximum absolute atomic E-state index is 12.8. The predicted molar refractivity (Wildman–Crippen MR) is 248 cm³/mol. The number of hydrogen-bond donors (Lipinski definition) is 10. The molecule has 8 atom stereocenters. The molecule has 12 heteroatoms. The zero-order chi connectivity index (χ0) is 46.9. The van der Waals surface area contributed by atoms with Crippen LogP contribution < -0.4 is 9.47 Å². The third-order valence-electron chi connectivity index (χ3n) is 14.4. The highest BCUT2D eigenvalue weighted by molar-refractivity contribution is 5.76. The van der Waals surface area contributed by atoms with E-state index in [4.69, 9.17) is 9.47 Å². The predicted octanol–water partition coefficient (Wildman–Crippen LogP) is 10.4. The summed E-state index contributed by atoms with van der Waals surface area (Å²) < 4.78 is 13.8. The second-order valence-corrected chi connectivity index (χ2v) is 18.2. The van der Waals surface area contributed by atoms with E-state index in [1.165, 1.54) is 12.1 Å². The smallest absolute Gasteiger partial charge is 0.135 e. The molecule has 0 saturated heterocycles.